The molecule has 2 heterocycles. The SMILES string of the molecule is Cc1ccc(F)cc1CC(NN)c1cnc2ccsc2c1. The Hall–Kier alpha value is -1.82. The van der Waals surface area contributed by atoms with E-state index < -0.39 is 0 Å². The predicted octanol–water partition coefficient (Wildman–Crippen LogP) is 3.49. The molecule has 0 spiro atoms. The summed E-state index contributed by atoms with van der Waals surface area (Å²) in [5.74, 6) is 5.47. The van der Waals surface area contributed by atoms with Crippen molar-refractivity contribution in [1.29, 1.82) is 0 Å². The van der Waals surface area contributed by atoms with E-state index in [1.165, 1.54) is 6.07 Å². The molecule has 0 aliphatic rings. The van der Waals surface area contributed by atoms with Gasteiger partial charge in [-0.05, 0) is 59.7 Å². The normalized spacial score (nSPS) is 12.7. The van der Waals surface area contributed by atoms with Crippen LogP contribution in [0.1, 0.15) is 22.7 Å². The Bertz CT molecular complexity index is 769. The smallest absolute Gasteiger partial charge is 0.123 e. The average molecular weight is 301 g/mol. The van der Waals surface area contributed by atoms with Crippen LogP contribution in [0.4, 0.5) is 4.39 Å². The lowest BCUT2D eigenvalue weighted by Gasteiger charge is -2.17. The van der Waals surface area contributed by atoms with Crippen LogP contribution in [0.15, 0.2) is 41.9 Å². The summed E-state index contributed by atoms with van der Waals surface area (Å²) in [5, 5.41) is 2.02. The Morgan fingerprint density at radius 1 is 1.33 bits per heavy atom. The number of thiophene rings is 1. The van der Waals surface area contributed by atoms with Gasteiger partial charge in [-0.3, -0.25) is 16.3 Å². The molecule has 0 aliphatic carbocycles. The molecule has 0 bridgehead atoms. The monoisotopic (exact) mass is 301 g/mol. The molecule has 0 amide bonds. The van der Waals surface area contributed by atoms with Crippen LogP contribution in [0.25, 0.3) is 10.2 Å². The summed E-state index contributed by atoms with van der Waals surface area (Å²) < 4.78 is 14.5. The van der Waals surface area contributed by atoms with Crippen LogP contribution in [0.3, 0.4) is 0 Å². The van der Waals surface area contributed by atoms with Crippen LogP contribution in [0.5, 0.6) is 0 Å². The zero-order chi connectivity index (χ0) is 14.8. The van der Waals surface area contributed by atoms with Crippen molar-refractivity contribution in [2.45, 2.75) is 19.4 Å². The second-order valence-electron chi connectivity index (χ2n) is 5.07. The third-order valence-electron chi connectivity index (χ3n) is 3.66. The number of nitrogens with two attached hydrogens (primary N) is 1. The lowest BCUT2D eigenvalue weighted by Crippen LogP contribution is -2.29. The highest BCUT2D eigenvalue weighted by Gasteiger charge is 2.14. The van der Waals surface area contributed by atoms with Gasteiger partial charge in [0.25, 0.3) is 0 Å². The molecule has 0 saturated carbocycles. The zero-order valence-corrected chi connectivity index (χ0v) is 12.5. The predicted molar refractivity (Wildman–Crippen MR) is 84.5 cm³/mol. The van der Waals surface area contributed by atoms with Crippen molar-refractivity contribution in [3.63, 3.8) is 0 Å². The number of aryl methyl sites for hydroxylation is 1. The van der Waals surface area contributed by atoms with Crippen molar-refractivity contribution < 1.29 is 4.39 Å². The molecular weight excluding hydrogens is 285 g/mol. The molecular formula is C16H16FN3S. The van der Waals surface area contributed by atoms with Gasteiger partial charge in [-0.1, -0.05) is 6.07 Å². The minimum Gasteiger partial charge on any atom is -0.271 e. The van der Waals surface area contributed by atoms with Crippen molar-refractivity contribution in [1.82, 2.24) is 10.4 Å². The van der Waals surface area contributed by atoms with E-state index in [9.17, 15) is 4.39 Å². The summed E-state index contributed by atoms with van der Waals surface area (Å²) in [6, 6.07) is 8.82. The number of halogens is 1. The van der Waals surface area contributed by atoms with Crippen molar-refractivity contribution in [3.8, 4) is 0 Å². The molecule has 1 aromatic carbocycles. The Kier molecular flexibility index (Phi) is 3.96. The second kappa shape index (κ2) is 5.89. The minimum absolute atomic E-state index is 0.0931. The first-order valence-electron chi connectivity index (χ1n) is 6.71. The number of nitrogens with zero attached hydrogens (tertiary/aromatic N) is 1. The van der Waals surface area contributed by atoms with Crippen LogP contribution in [0.2, 0.25) is 0 Å². The number of benzene rings is 1. The van der Waals surface area contributed by atoms with E-state index in [-0.39, 0.29) is 11.9 Å². The van der Waals surface area contributed by atoms with Crippen LogP contribution in [0, 0.1) is 12.7 Å². The first kappa shape index (κ1) is 14.1. The molecule has 0 fully saturated rings. The molecule has 0 saturated heterocycles. The summed E-state index contributed by atoms with van der Waals surface area (Å²) in [5.41, 5.74) is 6.82. The number of fused-ring (bicyclic) bond motifs is 1. The highest BCUT2D eigenvalue weighted by Crippen LogP contribution is 2.25. The maximum absolute atomic E-state index is 13.4. The number of hydrogen-bond donors (Lipinski definition) is 2. The number of pyridine rings is 1. The van der Waals surface area contributed by atoms with Gasteiger partial charge in [-0.15, -0.1) is 11.3 Å². The van der Waals surface area contributed by atoms with Gasteiger partial charge in [0, 0.05) is 6.20 Å². The standard InChI is InChI=1S/C16H16FN3S/c1-10-2-3-13(17)6-11(10)7-15(20-18)12-8-16-14(19-9-12)4-5-21-16/h2-6,8-9,15,20H,7,18H2,1H3. The van der Waals surface area contributed by atoms with E-state index in [4.69, 9.17) is 5.84 Å². The van der Waals surface area contributed by atoms with E-state index in [2.05, 4.69) is 16.5 Å². The first-order chi connectivity index (χ1) is 10.2. The van der Waals surface area contributed by atoms with Crippen LogP contribution in [-0.2, 0) is 6.42 Å². The van der Waals surface area contributed by atoms with Gasteiger partial charge in [0.05, 0.1) is 16.3 Å². The molecule has 3 rings (SSSR count). The minimum atomic E-state index is -0.224. The van der Waals surface area contributed by atoms with E-state index in [1.807, 2.05) is 24.6 Å². The number of hydrazine groups is 1. The van der Waals surface area contributed by atoms with E-state index in [0.717, 1.165) is 26.9 Å². The summed E-state index contributed by atoms with van der Waals surface area (Å²) >= 11 is 1.65. The Morgan fingerprint density at radius 2 is 2.19 bits per heavy atom. The molecule has 108 valence electrons. The Morgan fingerprint density at radius 3 is 3.00 bits per heavy atom. The average Bonchev–Trinajstić information content (AvgIpc) is 2.95. The van der Waals surface area contributed by atoms with Gasteiger partial charge in [-0.25, -0.2) is 4.39 Å². The van der Waals surface area contributed by atoms with Crippen LogP contribution >= 0.6 is 11.3 Å². The molecule has 21 heavy (non-hydrogen) atoms. The van der Waals surface area contributed by atoms with E-state index in [0.29, 0.717) is 6.42 Å². The van der Waals surface area contributed by atoms with Crippen molar-refractivity contribution in [3.05, 3.63) is 64.4 Å². The molecule has 3 aromatic rings. The maximum atomic E-state index is 13.4. The topological polar surface area (TPSA) is 50.9 Å². The molecule has 2 aromatic heterocycles. The van der Waals surface area contributed by atoms with Crippen molar-refractivity contribution >= 4 is 21.6 Å². The molecule has 3 nitrogen and oxygen atoms in total. The van der Waals surface area contributed by atoms with E-state index in [1.54, 1.807) is 23.5 Å². The van der Waals surface area contributed by atoms with Gasteiger partial charge < -0.3 is 0 Å². The van der Waals surface area contributed by atoms with Crippen molar-refractivity contribution in [2.24, 2.45) is 5.84 Å². The fraction of sp³-hybridized carbons (Fsp3) is 0.188. The second-order valence-corrected chi connectivity index (χ2v) is 6.01. The summed E-state index contributed by atoms with van der Waals surface area (Å²) in [6.45, 7) is 1.98. The fourth-order valence-corrected chi connectivity index (χ4v) is 3.19. The lowest BCUT2D eigenvalue weighted by molar-refractivity contribution is 0.546. The Labute approximate surface area is 126 Å². The third-order valence-corrected chi connectivity index (χ3v) is 4.52. The fourth-order valence-electron chi connectivity index (χ4n) is 2.41. The molecule has 5 heteroatoms. The highest BCUT2D eigenvalue weighted by atomic mass is 32.1. The van der Waals surface area contributed by atoms with Gasteiger partial charge in [-0.2, -0.15) is 0 Å². The van der Waals surface area contributed by atoms with Gasteiger partial charge >= 0.3 is 0 Å². The number of hydrogen-bond acceptors (Lipinski definition) is 4. The third kappa shape index (κ3) is 2.95. The van der Waals surface area contributed by atoms with Gasteiger partial charge in [0.1, 0.15) is 5.82 Å². The van der Waals surface area contributed by atoms with Crippen LogP contribution in [-0.4, -0.2) is 4.98 Å². The highest BCUT2D eigenvalue weighted by molar-refractivity contribution is 7.17. The Balaban J connectivity index is 1.92. The lowest BCUT2D eigenvalue weighted by atomic mass is 9.97. The molecule has 1 atom stereocenters. The number of aromatic nitrogens is 1. The zero-order valence-electron chi connectivity index (χ0n) is 11.6. The molecule has 0 radical (unpaired) electrons. The number of rotatable bonds is 4. The van der Waals surface area contributed by atoms with E-state index >= 15 is 0 Å². The van der Waals surface area contributed by atoms with Crippen LogP contribution < -0.4 is 11.3 Å². The summed E-state index contributed by atoms with van der Waals surface area (Å²) in [4.78, 5) is 4.43. The summed E-state index contributed by atoms with van der Waals surface area (Å²) in [7, 11) is 0. The quantitative estimate of drug-likeness (QED) is 0.573. The first-order valence-corrected chi connectivity index (χ1v) is 7.59. The maximum Gasteiger partial charge on any atom is 0.123 e. The number of nitrogens with one attached hydrogen (secondary N) is 1. The van der Waals surface area contributed by atoms with Gasteiger partial charge in [0.2, 0.25) is 0 Å². The largest absolute Gasteiger partial charge is 0.271 e. The molecule has 0 aliphatic heterocycles. The molecule has 3 N–H and O–H groups in total. The molecule has 1 unspecified atom stereocenters. The van der Waals surface area contributed by atoms with Gasteiger partial charge in [0.15, 0.2) is 0 Å². The summed E-state index contributed by atoms with van der Waals surface area (Å²) in [6.07, 6.45) is 2.45. The van der Waals surface area contributed by atoms with Crippen molar-refractivity contribution in [2.75, 3.05) is 0 Å².